The quantitative estimate of drug-likeness (QED) is 0.814. The number of benzene rings is 2. The van der Waals surface area contributed by atoms with E-state index in [-0.39, 0.29) is 11.7 Å². The number of aryl methyl sites for hydroxylation is 2. The predicted molar refractivity (Wildman–Crippen MR) is 104 cm³/mol. The molecule has 136 valence electrons. The molecule has 1 unspecified atom stereocenters. The summed E-state index contributed by atoms with van der Waals surface area (Å²) in [5.41, 5.74) is 3.73. The molecule has 2 aromatic rings. The minimum atomic E-state index is -0.177. The van der Waals surface area contributed by atoms with Gasteiger partial charge in [-0.3, -0.25) is 9.59 Å². The van der Waals surface area contributed by atoms with Gasteiger partial charge in [0.15, 0.2) is 5.78 Å². The van der Waals surface area contributed by atoms with E-state index in [9.17, 15) is 9.59 Å². The van der Waals surface area contributed by atoms with Crippen molar-refractivity contribution in [3.8, 4) is 0 Å². The number of carbonyl (C=O) groups is 2. The Morgan fingerprint density at radius 2 is 1.85 bits per heavy atom. The van der Waals surface area contributed by atoms with Gasteiger partial charge in [-0.1, -0.05) is 30.3 Å². The first-order chi connectivity index (χ1) is 12.6. The first-order valence-electron chi connectivity index (χ1n) is 9.26. The topological polar surface area (TPSA) is 58.2 Å². The van der Waals surface area contributed by atoms with E-state index in [1.807, 2.05) is 32.0 Å². The molecule has 1 fully saturated rings. The molecule has 0 radical (unpaired) electrons. The van der Waals surface area contributed by atoms with Crippen molar-refractivity contribution in [3.05, 3.63) is 70.3 Å². The zero-order valence-electron chi connectivity index (χ0n) is 15.5. The highest BCUT2D eigenvalue weighted by molar-refractivity contribution is 6.15. The molecule has 1 saturated heterocycles. The summed E-state index contributed by atoms with van der Waals surface area (Å²) in [5.74, 6) is 0.164. The molecule has 0 aliphatic carbocycles. The summed E-state index contributed by atoms with van der Waals surface area (Å²) < 4.78 is 0. The Kier molecular flexibility index (Phi) is 5.84. The molecule has 2 aromatic carbocycles. The van der Waals surface area contributed by atoms with Crippen LogP contribution in [0.3, 0.4) is 0 Å². The lowest BCUT2D eigenvalue weighted by Gasteiger charge is -2.23. The van der Waals surface area contributed by atoms with Crippen LogP contribution in [0.4, 0.5) is 0 Å². The van der Waals surface area contributed by atoms with Crippen LogP contribution >= 0.6 is 0 Å². The van der Waals surface area contributed by atoms with E-state index in [1.54, 1.807) is 24.3 Å². The van der Waals surface area contributed by atoms with Crippen molar-refractivity contribution < 1.29 is 9.59 Å². The fourth-order valence-corrected chi connectivity index (χ4v) is 3.35. The van der Waals surface area contributed by atoms with Gasteiger partial charge < -0.3 is 10.6 Å². The fraction of sp³-hybridized carbons (Fsp3) is 0.364. The monoisotopic (exact) mass is 350 g/mol. The number of hydrogen-bond acceptors (Lipinski definition) is 3. The molecule has 2 N–H and O–H groups in total. The maximum absolute atomic E-state index is 13.0. The van der Waals surface area contributed by atoms with Crippen molar-refractivity contribution in [2.45, 2.75) is 26.7 Å². The SMILES string of the molecule is Cc1ccc(C(=O)c2ccccc2C(=O)NCC2CCCNC2)cc1C. The second kappa shape index (κ2) is 8.28. The van der Waals surface area contributed by atoms with E-state index < -0.39 is 0 Å². The van der Waals surface area contributed by atoms with Crippen LogP contribution in [0.1, 0.15) is 50.2 Å². The van der Waals surface area contributed by atoms with Crippen LogP contribution in [0.5, 0.6) is 0 Å². The smallest absolute Gasteiger partial charge is 0.252 e. The Labute approximate surface area is 155 Å². The van der Waals surface area contributed by atoms with Crippen molar-refractivity contribution in [1.82, 2.24) is 10.6 Å². The summed E-state index contributed by atoms with van der Waals surface area (Å²) in [6.45, 7) is 6.63. The minimum Gasteiger partial charge on any atom is -0.352 e. The number of hydrogen-bond donors (Lipinski definition) is 2. The second-order valence-electron chi connectivity index (χ2n) is 7.10. The summed E-state index contributed by atoms with van der Waals surface area (Å²) >= 11 is 0. The molecule has 0 aromatic heterocycles. The first-order valence-corrected chi connectivity index (χ1v) is 9.26. The number of amides is 1. The summed E-state index contributed by atoms with van der Waals surface area (Å²) in [6, 6.07) is 12.7. The van der Waals surface area contributed by atoms with Gasteiger partial charge in [-0.25, -0.2) is 0 Å². The summed E-state index contributed by atoms with van der Waals surface area (Å²) in [7, 11) is 0. The van der Waals surface area contributed by atoms with Crippen molar-refractivity contribution in [1.29, 1.82) is 0 Å². The molecule has 0 spiro atoms. The molecule has 26 heavy (non-hydrogen) atoms. The van der Waals surface area contributed by atoms with Gasteiger partial charge in [0.05, 0.1) is 5.56 Å². The predicted octanol–water partition coefficient (Wildman–Crippen LogP) is 3.26. The molecule has 4 heteroatoms. The number of rotatable bonds is 5. The standard InChI is InChI=1S/C22H26N2O2/c1-15-9-10-18(12-16(15)2)21(25)19-7-3-4-8-20(19)22(26)24-14-17-6-5-11-23-13-17/h3-4,7-10,12,17,23H,5-6,11,13-14H2,1-2H3,(H,24,26). The summed E-state index contributed by atoms with van der Waals surface area (Å²) in [5, 5.41) is 6.36. The first kappa shape index (κ1) is 18.3. The van der Waals surface area contributed by atoms with Crippen LogP contribution < -0.4 is 10.6 Å². The van der Waals surface area contributed by atoms with E-state index in [0.717, 1.165) is 37.1 Å². The zero-order chi connectivity index (χ0) is 18.5. The second-order valence-corrected chi connectivity index (χ2v) is 7.10. The highest BCUT2D eigenvalue weighted by Gasteiger charge is 2.20. The molecular formula is C22H26N2O2. The van der Waals surface area contributed by atoms with Crippen molar-refractivity contribution in [2.75, 3.05) is 19.6 Å². The zero-order valence-corrected chi connectivity index (χ0v) is 15.5. The molecule has 0 bridgehead atoms. The van der Waals surface area contributed by atoms with Crippen LogP contribution in [-0.4, -0.2) is 31.3 Å². The molecule has 1 aliphatic heterocycles. The Bertz CT molecular complexity index is 808. The van der Waals surface area contributed by atoms with Gasteiger partial charge in [0.1, 0.15) is 0 Å². The molecule has 1 atom stereocenters. The van der Waals surface area contributed by atoms with Gasteiger partial charge in [0, 0.05) is 17.7 Å². The molecule has 3 rings (SSSR count). The summed E-state index contributed by atoms with van der Waals surface area (Å²) in [6.07, 6.45) is 2.26. The fourth-order valence-electron chi connectivity index (χ4n) is 3.35. The van der Waals surface area contributed by atoms with Crippen LogP contribution in [0.2, 0.25) is 0 Å². The van der Waals surface area contributed by atoms with Gasteiger partial charge in [0.25, 0.3) is 5.91 Å². The highest BCUT2D eigenvalue weighted by atomic mass is 16.2. The maximum Gasteiger partial charge on any atom is 0.252 e. The lowest BCUT2D eigenvalue weighted by atomic mass is 9.95. The molecule has 1 amide bonds. The van der Waals surface area contributed by atoms with E-state index in [2.05, 4.69) is 10.6 Å². The molecule has 1 aliphatic rings. The number of ketones is 1. The van der Waals surface area contributed by atoms with Gasteiger partial charge in [-0.15, -0.1) is 0 Å². The van der Waals surface area contributed by atoms with Crippen LogP contribution in [0.15, 0.2) is 42.5 Å². The average Bonchev–Trinajstić information content (AvgIpc) is 2.68. The third-order valence-electron chi connectivity index (χ3n) is 5.14. The Hall–Kier alpha value is -2.46. The van der Waals surface area contributed by atoms with E-state index in [0.29, 0.717) is 29.2 Å². The highest BCUT2D eigenvalue weighted by Crippen LogP contribution is 2.18. The molecule has 1 heterocycles. The number of nitrogens with one attached hydrogen (secondary N) is 2. The lowest BCUT2D eigenvalue weighted by Crippen LogP contribution is -2.38. The minimum absolute atomic E-state index is 0.113. The largest absolute Gasteiger partial charge is 0.352 e. The van der Waals surface area contributed by atoms with Gasteiger partial charge in [-0.05, 0) is 69.0 Å². The Morgan fingerprint density at radius 1 is 1.08 bits per heavy atom. The van der Waals surface area contributed by atoms with Crippen LogP contribution in [-0.2, 0) is 0 Å². The Morgan fingerprint density at radius 3 is 2.54 bits per heavy atom. The van der Waals surface area contributed by atoms with Crippen molar-refractivity contribution >= 4 is 11.7 Å². The van der Waals surface area contributed by atoms with Gasteiger partial charge in [-0.2, -0.15) is 0 Å². The van der Waals surface area contributed by atoms with Crippen LogP contribution in [0, 0.1) is 19.8 Å². The van der Waals surface area contributed by atoms with Crippen LogP contribution in [0.25, 0.3) is 0 Å². The van der Waals surface area contributed by atoms with Crippen molar-refractivity contribution in [3.63, 3.8) is 0 Å². The van der Waals surface area contributed by atoms with Gasteiger partial charge >= 0.3 is 0 Å². The van der Waals surface area contributed by atoms with Gasteiger partial charge in [0.2, 0.25) is 0 Å². The molecule has 4 nitrogen and oxygen atoms in total. The normalized spacial score (nSPS) is 16.9. The maximum atomic E-state index is 13.0. The van der Waals surface area contributed by atoms with E-state index in [1.165, 1.54) is 0 Å². The van der Waals surface area contributed by atoms with Crippen molar-refractivity contribution in [2.24, 2.45) is 5.92 Å². The average molecular weight is 350 g/mol. The Balaban J connectivity index is 1.77. The third-order valence-corrected chi connectivity index (χ3v) is 5.14. The third kappa shape index (κ3) is 4.20. The van der Waals surface area contributed by atoms with E-state index in [4.69, 9.17) is 0 Å². The summed E-state index contributed by atoms with van der Waals surface area (Å²) in [4.78, 5) is 25.6. The number of piperidine rings is 1. The molecule has 0 saturated carbocycles. The molecular weight excluding hydrogens is 324 g/mol. The lowest BCUT2D eigenvalue weighted by molar-refractivity contribution is 0.0934. The number of carbonyl (C=O) groups excluding carboxylic acids is 2. The van der Waals surface area contributed by atoms with E-state index >= 15 is 0 Å².